The highest BCUT2D eigenvalue weighted by molar-refractivity contribution is 5.94. The molecule has 0 radical (unpaired) electrons. The van der Waals surface area contributed by atoms with Gasteiger partial charge in [-0.2, -0.15) is 0 Å². The van der Waals surface area contributed by atoms with E-state index in [0.29, 0.717) is 36.8 Å². The molecular weight excluding hydrogens is 340 g/mol. The Labute approximate surface area is 157 Å². The normalized spacial score (nSPS) is 14.0. The van der Waals surface area contributed by atoms with Crippen molar-refractivity contribution in [3.63, 3.8) is 0 Å². The number of carbonyl (C=O) groups excluding carboxylic acids is 1. The number of halogens is 1. The Balaban J connectivity index is 0.00000312. The highest BCUT2D eigenvalue weighted by Gasteiger charge is 2.12. The average Bonchev–Trinajstić information content (AvgIpc) is 3.10. The number of hydrogen-bond donors (Lipinski definition) is 1. The topological polar surface area (TPSA) is 50.8 Å². The van der Waals surface area contributed by atoms with E-state index in [2.05, 4.69) is 10.2 Å². The Kier molecular flexibility index (Phi) is 10.3. The molecule has 2 rings (SSSR count). The Bertz CT molecular complexity index is 519. The number of benzene rings is 1. The molecule has 25 heavy (non-hydrogen) atoms. The van der Waals surface area contributed by atoms with Crippen molar-refractivity contribution in [1.82, 2.24) is 10.2 Å². The molecule has 142 valence electrons. The highest BCUT2D eigenvalue weighted by Crippen LogP contribution is 2.28. The lowest BCUT2D eigenvalue weighted by atomic mass is 10.2. The van der Waals surface area contributed by atoms with Crippen LogP contribution < -0.4 is 14.8 Å². The Morgan fingerprint density at radius 3 is 2.44 bits per heavy atom. The number of ether oxygens (including phenoxy) is 2. The number of rotatable bonds is 10. The largest absolute Gasteiger partial charge is 0.490 e. The van der Waals surface area contributed by atoms with E-state index in [1.807, 2.05) is 13.8 Å². The molecule has 5 nitrogen and oxygen atoms in total. The summed E-state index contributed by atoms with van der Waals surface area (Å²) >= 11 is 0. The molecule has 0 bridgehead atoms. The van der Waals surface area contributed by atoms with Crippen molar-refractivity contribution >= 4 is 18.3 Å². The van der Waals surface area contributed by atoms with Gasteiger partial charge in [0.1, 0.15) is 0 Å². The fraction of sp³-hybridized carbons (Fsp3) is 0.632. The van der Waals surface area contributed by atoms with Gasteiger partial charge >= 0.3 is 0 Å². The van der Waals surface area contributed by atoms with Crippen LogP contribution in [0.5, 0.6) is 11.5 Å². The molecule has 1 aliphatic rings. The summed E-state index contributed by atoms with van der Waals surface area (Å²) < 4.78 is 11.1. The fourth-order valence-electron chi connectivity index (χ4n) is 2.96. The van der Waals surface area contributed by atoms with Crippen LogP contribution in [0.3, 0.4) is 0 Å². The molecule has 1 fully saturated rings. The molecule has 1 aromatic carbocycles. The molecule has 1 aliphatic heterocycles. The van der Waals surface area contributed by atoms with Crippen molar-refractivity contribution in [3.8, 4) is 11.5 Å². The van der Waals surface area contributed by atoms with Gasteiger partial charge in [-0.3, -0.25) is 4.79 Å². The van der Waals surface area contributed by atoms with Gasteiger partial charge in [-0.25, -0.2) is 0 Å². The van der Waals surface area contributed by atoms with E-state index in [-0.39, 0.29) is 18.3 Å². The number of carbonyl (C=O) groups is 1. The second-order valence-electron chi connectivity index (χ2n) is 6.04. The smallest absolute Gasteiger partial charge is 0.251 e. The zero-order chi connectivity index (χ0) is 17.2. The number of nitrogens with one attached hydrogen (secondary N) is 1. The van der Waals surface area contributed by atoms with Gasteiger partial charge in [-0.05, 0) is 77.4 Å². The number of likely N-dealkylation sites (tertiary alicyclic amines) is 1. The minimum Gasteiger partial charge on any atom is -0.490 e. The summed E-state index contributed by atoms with van der Waals surface area (Å²) in [4.78, 5) is 14.8. The molecular formula is C19H31ClN2O3. The lowest BCUT2D eigenvalue weighted by Crippen LogP contribution is -2.26. The fourth-order valence-corrected chi connectivity index (χ4v) is 2.96. The van der Waals surface area contributed by atoms with Crippen LogP contribution in [0.15, 0.2) is 18.2 Å². The maximum Gasteiger partial charge on any atom is 0.251 e. The first-order chi connectivity index (χ1) is 11.7. The summed E-state index contributed by atoms with van der Waals surface area (Å²) in [5.74, 6) is 1.25. The van der Waals surface area contributed by atoms with Crippen molar-refractivity contribution in [1.29, 1.82) is 0 Å². The quantitative estimate of drug-likeness (QED) is 0.640. The first-order valence-corrected chi connectivity index (χ1v) is 9.14. The first-order valence-electron chi connectivity index (χ1n) is 9.14. The van der Waals surface area contributed by atoms with Crippen LogP contribution in [0, 0.1) is 0 Å². The van der Waals surface area contributed by atoms with Crippen molar-refractivity contribution < 1.29 is 14.3 Å². The number of hydrogen-bond acceptors (Lipinski definition) is 4. The zero-order valence-electron chi connectivity index (χ0n) is 15.4. The zero-order valence-corrected chi connectivity index (χ0v) is 16.2. The van der Waals surface area contributed by atoms with E-state index in [1.54, 1.807) is 18.2 Å². The van der Waals surface area contributed by atoms with Crippen LogP contribution in [0.4, 0.5) is 0 Å². The van der Waals surface area contributed by atoms with Crippen molar-refractivity contribution in [3.05, 3.63) is 23.8 Å². The second kappa shape index (κ2) is 12.0. The Morgan fingerprint density at radius 2 is 1.76 bits per heavy atom. The third-order valence-corrected chi connectivity index (χ3v) is 4.19. The van der Waals surface area contributed by atoms with Crippen molar-refractivity contribution in [2.75, 3.05) is 39.4 Å². The minimum absolute atomic E-state index is 0. The maximum absolute atomic E-state index is 12.3. The number of nitrogens with zero attached hydrogens (tertiary/aromatic N) is 1. The average molecular weight is 371 g/mol. The molecule has 1 amide bonds. The summed E-state index contributed by atoms with van der Waals surface area (Å²) in [5, 5.41) is 2.99. The first kappa shape index (κ1) is 21.6. The van der Waals surface area contributed by atoms with Gasteiger partial charge in [0, 0.05) is 12.1 Å². The van der Waals surface area contributed by atoms with Crippen LogP contribution in [0.2, 0.25) is 0 Å². The standard InChI is InChI=1S/C19H30N2O3.ClH/c1-3-23-17-10-9-16(15-18(17)24-4-2)19(22)20-11-5-6-12-21-13-7-8-14-21;/h9-10,15H,3-8,11-14H2,1-2H3,(H,20,22);1H. The summed E-state index contributed by atoms with van der Waals surface area (Å²) in [6, 6.07) is 5.35. The molecule has 0 aromatic heterocycles. The van der Waals surface area contributed by atoms with Crippen LogP contribution in [-0.4, -0.2) is 50.2 Å². The van der Waals surface area contributed by atoms with Crippen LogP contribution in [-0.2, 0) is 0 Å². The van der Waals surface area contributed by atoms with E-state index in [9.17, 15) is 4.79 Å². The molecule has 1 saturated heterocycles. The van der Waals surface area contributed by atoms with Gasteiger partial charge in [0.15, 0.2) is 11.5 Å². The minimum atomic E-state index is -0.0554. The summed E-state index contributed by atoms with van der Waals surface area (Å²) in [6.07, 6.45) is 4.80. The van der Waals surface area contributed by atoms with E-state index in [4.69, 9.17) is 9.47 Å². The van der Waals surface area contributed by atoms with Crippen LogP contribution in [0.25, 0.3) is 0 Å². The summed E-state index contributed by atoms with van der Waals surface area (Å²) in [5.41, 5.74) is 0.612. The predicted octanol–water partition coefficient (Wildman–Crippen LogP) is 3.51. The van der Waals surface area contributed by atoms with Crippen molar-refractivity contribution in [2.24, 2.45) is 0 Å². The lowest BCUT2D eigenvalue weighted by molar-refractivity contribution is 0.0952. The molecule has 0 aliphatic carbocycles. The Morgan fingerprint density at radius 1 is 1.08 bits per heavy atom. The maximum atomic E-state index is 12.3. The van der Waals surface area contributed by atoms with Gasteiger partial charge in [0.25, 0.3) is 5.91 Å². The monoisotopic (exact) mass is 370 g/mol. The predicted molar refractivity (Wildman–Crippen MR) is 103 cm³/mol. The molecule has 0 atom stereocenters. The van der Waals surface area contributed by atoms with E-state index >= 15 is 0 Å². The van der Waals surface area contributed by atoms with Crippen LogP contribution >= 0.6 is 12.4 Å². The van der Waals surface area contributed by atoms with Gasteiger partial charge in [0.2, 0.25) is 0 Å². The molecule has 1 aromatic rings. The molecule has 0 saturated carbocycles. The van der Waals surface area contributed by atoms with E-state index in [1.165, 1.54) is 25.9 Å². The third-order valence-electron chi connectivity index (χ3n) is 4.19. The van der Waals surface area contributed by atoms with E-state index < -0.39 is 0 Å². The Hall–Kier alpha value is -1.46. The lowest BCUT2D eigenvalue weighted by Gasteiger charge is -2.14. The van der Waals surface area contributed by atoms with Gasteiger partial charge in [-0.15, -0.1) is 12.4 Å². The molecule has 1 heterocycles. The molecule has 6 heteroatoms. The van der Waals surface area contributed by atoms with Gasteiger partial charge < -0.3 is 19.7 Å². The third kappa shape index (κ3) is 7.12. The highest BCUT2D eigenvalue weighted by atomic mass is 35.5. The van der Waals surface area contributed by atoms with E-state index in [0.717, 1.165) is 19.4 Å². The summed E-state index contributed by atoms with van der Waals surface area (Å²) in [6.45, 7) is 9.29. The van der Waals surface area contributed by atoms with Crippen LogP contribution in [0.1, 0.15) is 49.9 Å². The van der Waals surface area contributed by atoms with Gasteiger partial charge in [-0.1, -0.05) is 0 Å². The number of unbranched alkanes of at least 4 members (excludes halogenated alkanes) is 1. The molecule has 0 spiro atoms. The SMILES string of the molecule is CCOc1ccc(C(=O)NCCCCN2CCCC2)cc1OCC.Cl. The molecule has 1 N–H and O–H groups in total. The molecule has 0 unspecified atom stereocenters. The van der Waals surface area contributed by atoms with Gasteiger partial charge in [0.05, 0.1) is 13.2 Å². The second-order valence-corrected chi connectivity index (χ2v) is 6.04. The number of amides is 1. The summed E-state index contributed by atoms with van der Waals surface area (Å²) in [7, 11) is 0. The van der Waals surface area contributed by atoms with Crippen molar-refractivity contribution in [2.45, 2.75) is 39.5 Å².